The monoisotopic (exact) mass is 547 g/mol. The van der Waals surface area contributed by atoms with Gasteiger partial charge in [-0.3, -0.25) is 9.48 Å². The van der Waals surface area contributed by atoms with Crippen LogP contribution in [0, 0.1) is 28.8 Å². The number of carbonyl (C=O) groups is 1. The first-order valence-corrected chi connectivity index (χ1v) is 12.8. The highest BCUT2D eigenvalue weighted by Crippen LogP contribution is 2.38. The molecule has 1 saturated heterocycles. The van der Waals surface area contributed by atoms with Crippen molar-refractivity contribution in [3.8, 4) is 28.3 Å². The normalized spacial score (nSPS) is 17.4. The lowest BCUT2D eigenvalue weighted by atomic mass is 9.91. The molecule has 10 heteroatoms. The van der Waals surface area contributed by atoms with Gasteiger partial charge in [-0.2, -0.15) is 10.4 Å². The van der Waals surface area contributed by atoms with Crippen molar-refractivity contribution in [2.75, 3.05) is 13.1 Å². The van der Waals surface area contributed by atoms with E-state index in [4.69, 9.17) is 11.0 Å². The molecule has 1 atom stereocenters. The predicted molar refractivity (Wildman–Crippen MR) is 145 cm³/mol. The van der Waals surface area contributed by atoms with Crippen LogP contribution in [0.15, 0.2) is 48.7 Å². The second-order valence-corrected chi connectivity index (χ2v) is 11.3. The van der Waals surface area contributed by atoms with Crippen LogP contribution >= 0.6 is 0 Å². The molecule has 1 fully saturated rings. The van der Waals surface area contributed by atoms with Gasteiger partial charge in [0.15, 0.2) is 11.6 Å². The number of rotatable bonds is 5. The molecule has 5 rings (SSSR count). The van der Waals surface area contributed by atoms with E-state index in [-0.39, 0.29) is 51.3 Å². The van der Waals surface area contributed by atoms with Crippen molar-refractivity contribution in [3.63, 3.8) is 0 Å². The van der Waals surface area contributed by atoms with Crippen LogP contribution in [0.4, 0.5) is 13.2 Å². The van der Waals surface area contributed by atoms with Crippen LogP contribution in [-0.2, 0) is 6.54 Å². The van der Waals surface area contributed by atoms with E-state index < -0.39 is 28.6 Å². The lowest BCUT2D eigenvalue weighted by molar-refractivity contribution is 0.0589. The fraction of sp³-hybridized carbons (Fsp3) is 0.300. The number of benzene rings is 3. The van der Waals surface area contributed by atoms with Crippen molar-refractivity contribution in [3.05, 3.63) is 77.2 Å². The van der Waals surface area contributed by atoms with Crippen molar-refractivity contribution in [1.82, 2.24) is 14.7 Å². The molecule has 0 radical (unpaired) electrons. The maximum absolute atomic E-state index is 15.7. The number of nitrogens with zero attached hydrogens (tertiary/aromatic N) is 4. The van der Waals surface area contributed by atoms with Gasteiger partial charge in [-0.25, -0.2) is 13.2 Å². The zero-order valence-corrected chi connectivity index (χ0v) is 22.3. The highest BCUT2D eigenvalue weighted by atomic mass is 19.2. The molecular formula is C30H28F3N5O2. The SMILES string of the molecule is CC(C)(O)Cn1ncc2cc(-c3ccc(C(=O)N4CC[C@](C)(N)C4)cc3-c3ccc(C#N)c(F)c3)c(F)c(F)c21. The van der Waals surface area contributed by atoms with Gasteiger partial charge in [0.2, 0.25) is 0 Å². The summed E-state index contributed by atoms with van der Waals surface area (Å²) >= 11 is 0. The molecule has 3 N–H and O–H groups in total. The van der Waals surface area contributed by atoms with E-state index in [2.05, 4.69) is 5.10 Å². The number of aliphatic hydroxyl groups is 1. The molecule has 0 unspecified atom stereocenters. The molecule has 0 bridgehead atoms. The second-order valence-electron chi connectivity index (χ2n) is 11.3. The van der Waals surface area contributed by atoms with E-state index in [1.165, 1.54) is 61.1 Å². The standard InChI is InChI=1S/C30H28F3N5O2/c1-29(2,40)15-38-27-20(14-36-38)11-23(25(32)26(27)33)21-7-6-18(28(39)37-9-8-30(3,35)16-37)10-22(21)17-4-5-19(13-34)24(31)12-17/h4-7,10-12,14,40H,8-9,15-16,35H2,1-3H3/t30-/m0/s1. The van der Waals surface area contributed by atoms with Crippen molar-refractivity contribution in [2.24, 2.45) is 5.73 Å². The third-order valence-electron chi connectivity index (χ3n) is 7.09. The largest absolute Gasteiger partial charge is 0.389 e. The molecule has 40 heavy (non-hydrogen) atoms. The molecule has 2 heterocycles. The van der Waals surface area contributed by atoms with E-state index in [1.807, 2.05) is 6.92 Å². The zero-order valence-electron chi connectivity index (χ0n) is 22.3. The quantitative estimate of drug-likeness (QED) is 0.366. The van der Waals surface area contributed by atoms with Crippen LogP contribution in [0.1, 0.15) is 43.1 Å². The number of aromatic nitrogens is 2. The average Bonchev–Trinajstić information content (AvgIpc) is 3.46. The van der Waals surface area contributed by atoms with E-state index in [0.29, 0.717) is 24.9 Å². The molecule has 3 aromatic carbocycles. The highest BCUT2D eigenvalue weighted by molar-refractivity contribution is 5.99. The molecule has 4 aromatic rings. The number of fused-ring (bicyclic) bond motifs is 1. The number of nitrogens with two attached hydrogens (primary N) is 1. The Hall–Kier alpha value is -4.20. The summed E-state index contributed by atoms with van der Waals surface area (Å²) in [6.07, 6.45) is 2.01. The van der Waals surface area contributed by atoms with E-state index >= 15 is 8.78 Å². The van der Waals surface area contributed by atoms with Crippen molar-refractivity contribution < 1.29 is 23.1 Å². The van der Waals surface area contributed by atoms with E-state index in [0.717, 1.165) is 6.07 Å². The minimum absolute atomic E-state index is 0.0584. The van der Waals surface area contributed by atoms with Crippen molar-refractivity contribution in [2.45, 2.75) is 44.9 Å². The maximum Gasteiger partial charge on any atom is 0.253 e. The first-order valence-electron chi connectivity index (χ1n) is 12.8. The van der Waals surface area contributed by atoms with Crippen LogP contribution < -0.4 is 5.73 Å². The Morgan fingerprint density at radius 1 is 1.12 bits per heavy atom. The fourth-order valence-electron chi connectivity index (χ4n) is 5.13. The number of likely N-dealkylation sites (tertiary alicyclic amines) is 1. The summed E-state index contributed by atoms with van der Waals surface area (Å²) in [4.78, 5) is 15.0. The van der Waals surface area contributed by atoms with E-state index in [1.54, 1.807) is 11.0 Å². The van der Waals surface area contributed by atoms with Gasteiger partial charge in [-0.1, -0.05) is 12.1 Å². The molecular weight excluding hydrogens is 519 g/mol. The lowest BCUT2D eigenvalue weighted by Gasteiger charge is -2.21. The molecule has 0 spiro atoms. The number of halogens is 3. The molecule has 0 aliphatic carbocycles. The summed E-state index contributed by atoms with van der Waals surface area (Å²) < 4.78 is 47.1. The first-order chi connectivity index (χ1) is 18.8. The minimum Gasteiger partial charge on any atom is -0.389 e. The highest BCUT2D eigenvalue weighted by Gasteiger charge is 2.33. The molecule has 1 aliphatic heterocycles. The Labute approximate surface area is 229 Å². The van der Waals surface area contributed by atoms with Crippen molar-refractivity contribution >= 4 is 16.8 Å². The summed E-state index contributed by atoms with van der Waals surface area (Å²) in [5.74, 6) is -3.37. The Kier molecular flexibility index (Phi) is 6.68. The van der Waals surface area contributed by atoms with Crippen LogP contribution in [0.3, 0.4) is 0 Å². The molecule has 1 aromatic heterocycles. The van der Waals surface area contributed by atoms with Gasteiger partial charge < -0.3 is 15.7 Å². The van der Waals surface area contributed by atoms with Gasteiger partial charge in [-0.05, 0) is 74.2 Å². The van der Waals surface area contributed by atoms with Gasteiger partial charge in [0, 0.05) is 35.1 Å². The molecule has 1 amide bonds. The van der Waals surface area contributed by atoms with Crippen LogP contribution in [0.5, 0.6) is 0 Å². The summed E-state index contributed by atoms with van der Waals surface area (Å²) in [6, 6.07) is 11.7. The summed E-state index contributed by atoms with van der Waals surface area (Å²) in [7, 11) is 0. The average molecular weight is 548 g/mol. The third-order valence-corrected chi connectivity index (χ3v) is 7.09. The molecule has 1 aliphatic rings. The molecule has 206 valence electrons. The molecule has 0 saturated carbocycles. The minimum atomic E-state index is -1.22. The number of hydrogen-bond acceptors (Lipinski definition) is 5. The summed E-state index contributed by atoms with van der Waals surface area (Å²) in [5.41, 5.74) is 5.16. The first kappa shape index (κ1) is 27.4. The number of carbonyl (C=O) groups excluding carboxylic acids is 1. The van der Waals surface area contributed by atoms with Crippen LogP contribution in [-0.4, -0.2) is 49.9 Å². The van der Waals surface area contributed by atoms with Crippen LogP contribution in [0.25, 0.3) is 33.2 Å². The summed E-state index contributed by atoms with van der Waals surface area (Å²) in [5, 5.41) is 23.8. The predicted octanol–water partition coefficient (Wildman–Crippen LogP) is 4.99. The Morgan fingerprint density at radius 2 is 1.88 bits per heavy atom. The topological polar surface area (TPSA) is 108 Å². The smallest absolute Gasteiger partial charge is 0.253 e. The van der Waals surface area contributed by atoms with Gasteiger partial charge >= 0.3 is 0 Å². The van der Waals surface area contributed by atoms with Gasteiger partial charge in [-0.15, -0.1) is 0 Å². The summed E-state index contributed by atoms with van der Waals surface area (Å²) in [6.45, 7) is 5.71. The van der Waals surface area contributed by atoms with E-state index in [9.17, 15) is 14.3 Å². The zero-order chi connectivity index (χ0) is 29.0. The van der Waals surface area contributed by atoms with Gasteiger partial charge in [0.05, 0.1) is 23.9 Å². The Morgan fingerprint density at radius 3 is 2.50 bits per heavy atom. The Bertz CT molecular complexity index is 1700. The third kappa shape index (κ3) is 5.06. The molecule has 7 nitrogen and oxygen atoms in total. The fourth-order valence-corrected chi connectivity index (χ4v) is 5.13. The number of hydrogen-bond donors (Lipinski definition) is 2. The lowest BCUT2D eigenvalue weighted by Crippen LogP contribution is -2.40. The van der Waals surface area contributed by atoms with Crippen LogP contribution in [0.2, 0.25) is 0 Å². The number of amides is 1. The van der Waals surface area contributed by atoms with Crippen molar-refractivity contribution in [1.29, 1.82) is 5.26 Å². The Balaban J connectivity index is 1.68. The second kappa shape index (κ2) is 9.77. The van der Waals surface area contributed by atoms with Gasteiger partial charge in [0.1, 0.15) is 17.4 Å². The maximum atomic E-state index is 15.7. The number of nitriles is 1. The van der Waals surface area contributed by atoms with Gasteiger partial charge in [0.25, 0.3) is 5.91 Å².